The molecule has 2 aromatic carbocycles. The zero-order valence-corrected chi connectivity index (χ0v) is 18.4. The van der Waals surface area contributed by atoms with Crippen LogP contribution in [0.15, 0.2) is 59.7 Å². The molecule has 8 heteroatoms. The Morgan fingerprint density at radius 3 is 2.88 bits per heavy atom. The van der Waals surface area contributed by atoms with Gasteiger partial charge in [0.25, 0.3) is 0 Å². The topological polar surface area (TPSA) is 112 Å². The molecule has 1 aliphatic rings. The van der Waals surface area contributed by atoms with E-state index in [1.165, 1.54) is 0 Å². The molecule has 0 radical (unpaired) electrons. The highest BCUT2D eigenvalue weighted by Crippen LogP contribution is 2.28. The van der Waals surface area contributed by atoms with Gasteiger partial charge in [-0.1, -0.05) is 30.3 Å². The number of aromatic nitrogens is 5. The Balaban J connectivity index is 1.39. The number of aliphatic hydroxyl groups excluding tert-OH is 1. The highest BCUT2D eigenvalue weighted by molar-refractivity contribution is 5.69. The first kappa shape index (κ1) is 21.0. The van der Waals surface area contributed by atoms with Crippen LogP contribution in [0.5, 0.6) is 0 Å². The van der Waals surface area contributed by atoms with E-state index < -0.39 is 0 Å². The van der Waals surface area contributed by atoms with Gasteiger partial charge in [-0.3, -0.25) is 10.1 Å². The van der Waals surface area contributed by atoms with Gasteiger partial charge in [0.1, 0.15) is 0 Å². The first-order chi connectivity index (χ1) is 16.2. The minimum atomic E-state index is -0.0185. The van der Waals surface area contributed by atoms with Gasteiger partial charge in [-0.05, 0) is 55.3 Å². The number of aliphatic imine (C=N–C) groups is 1. The molecule has 3 N–H and O–H groups in total. The molecule has 0 amide bonds. The minimum Gasteiger partial charge on any atom is -0.392 e. The third-order valence-electron chi connectivity index (χ3n) is 5.81. The van der Waals surface area contributed by atoms with Crippen molar-refractivity contribution in [1.82, 2.24) is 25.1 Å². The fraction of sp³-hybridized carbons (Fsp3) is 0.240. The van der Waals surface area contributed by atoms with Crippen LogP contribution in [0.25, 0.3) is 22.8 Å². The van der Waals surface area contributed by atoms with Gasteiger partial charge in [-0.2, -0.15) is 5.10 Å². The summed E-state index contributed by atoms with van der Waals surface area (Å²) in [7, 11) is 0. The number of aromatic amines is 1. The van der Waals surface area contributed by atoms with Crippen molar-refractivity contribution in [3.05, 3.63) is 71.5 Å². The first-order valence-electron chi connectivity index (χ1n) is 11.0. The lowest BCUT2D eigenvalue weighted by atomic mass is 9.98. The number of hydrogen-bond donors (Lipinski definition) is 3. The fourth-order valence-electron chi connectivity index (χ4n) is 3.91. The van der Waals surface area contributed by atoms with Crippen molar-refractivity contribution < 1.29 is 5.11 Å². The van der Waals surface area contributed by atoms with Crippen molar-refractivity contribution in [2.45, 2.75) is 32.3 Å². The van der Waals surface area contributed by atoms with Crippen molar-refractivity contribution in [2.24, 2.45) is 4.99 Å². The van der Waals surface area contributed by atoms with Gasteiger partial charge < -0.3 is 10.4 Å². The van der Waals surface area contributed by atoms with E-state index >= 15 is 0 Å². The number of nitrogens with zero attached hydrogens (tertiary/aromatic N) is 5. The molecule has 5 rings (SSSR count). The number of aryl methyl sites for hydroxylation is 1. The highest BCUT2D eigenvalue weighted by atomic mass is 16.3. The van der Waals surface area contributed by atoms with E-state index in [1.54, 1.807) is 6.20 Å². The molecule has 3 heterocycles. The van der Waals surface area contributed by atoms with Crippen LogP contribution in [0.2, 0.25) is 0 Å². The van der Waals surface area contributed by atoms with E-state index in [2.05, 4.69) is 30.5 Å². The van der Waals surface area contributed by atoms with Crippen LogP contribution in [0.1, 0.15) is 35.6 Å². The van der Waals surface area contributed by atoms with Crippen LogP contribution in [0.3, 0.4) is 0 Å². The summed E-state index contributed by atoms with van der Waals surface area (Å²) in [6.45, 7) is 2.80. The van der Waals surface area contributed by atoms with Gasteiger partial charge in [0.15, 0.2) is 11.6 Å². The van der Waals surface area contributed by atoms with Gasteiger partial charge in [-0.25, -0.2) is 15.0 Å². The Bertz CT molecular complexity index is 1300. The zero-order valence-electron chi connectivity index (χ0n) is 18.4. The summed E-state index contributed by atoms with van der Waals surface area (Å²) in [5.74, 6) is 2.16. The quantitative estimate of drug-likeness (QED) is 0.410. The smallest absolute Gasteiger partial charge is 0.227 e. The Hall–Kier alpha value is -3.91. The van der Waals surface area contributed by atoms with Crippen molar-refractivity contribution in [1.29, 1.82) is 0 Å². The number of aliphatic hydroxyl groups is 1. The van der Waals surface area contributed by atoms with Crippen LogP contribution in [0.4, 0.5) is 11.6 Å². The van der Waals surface area contributed by atoms with Crippen LogP contribution >= 0.6 is 0 Å². The normalized spacial score (nSPS) is 15.5. The molecule has 166 valence electrons. The molecule has 1 aliphatic heterocycles. The predicted molar refractivity (Wildman–Crippen MR) is 129 cm³/mol. The second kappa shape index (κ2) is 9.30. The van der Waals surface area contributed by atoms with E-state index in [1.807, 2.05) is 61.7 Å². The number of rotatable bonds is 6. The molecule has 0 bridgehead atoms. The van der Waals surface area contributed by atoms with Gasteiger partial charge in [-0.15, -0.1) is 0 Å². The molecule has 1 atom stereocenters. The molecular weight excluding hydrogens is 414 g/mol. The number of nitrogens with one attached hydrogen (secondary N) is 2. The van der Waals surface area contributed by atoms with Crippen molar-refractivity contribution >= 4 is 17.9 Å². The maximum Gasteiger partial charge on any atom is 0.227 e. The summed E-state index contributed by atoms with van der Waals surface area (Å²) >= 11 is 0. The molecule has 2 aromatic heterocycles. The van der Waals surface area contributed by atoms with Gasteiger partial charge in [0, 0.05) is 35.5 Å². The Kier molecular flexibility index (Phi) is 5.91. The van der Waals surface area contributed by atoms with E-state index in [4.69, 9.17) is 4.98 Å². The average molecular weight is 440 g/mol. The predicted octanol–water partition coefficient (Wildman–Crippen LogP) is 4.42. The third-order valence-corrected chi connectivity index (χ3v) is 5.81. The highest BCUT2D eigenvalue weighted by Gasteiger charge is 2.16. The van der Waals surface area contributed by atoms with Crippen molar-refractivity contribution in [2.75, 3.05) is 11.9 Å². The summed E-state index contributed by atoms with van der Waals surface area (Å²) in [4.78, 5) is 18.2. The zero-order chi connectivity index (χ0) is 22.6. The second-order valence-electron chi connectivity index (χ2n) is 8.15. The summed E-state index contributed by atoms with van der Waals surface area (Å²) in [5, 5.41) is 20.1. The Morgan fingerprint density at radius 1 is 1.09 bits per heavy atom. The minimum absolute atomic E-state index is 0.0185. The maximum atomic E-state index is 9.39. The average Bonchev–Trinajstić information content (AvgIpc) is 3.37. The summed E-state index contributed by atoms with van der Waals surface area (Å²) in [6, 6.07) is 15.6. The Morgan fingerprint density at radius 2 is 2.03 bits per heavy atom. The number of H-pyrrole nitrogens is 1. The summed E-state index contributed by atoms with van der Waals surface area (Å²) < 4.78 is 0. The molecule has 1 unspecified atom stereocenters. The lowest BCUT2D eigenvalue weighted by Gasteiger charge is -2.17. The third kappa shape index (κ3) is 4.65. The monoisotopic (exact) mass is 439 g/mol. The maximum absolute atomic E-state index is 9.39. The van der Waals surface area contributed by atoms with Gasteiger partial charge in [0.05, 0.1) is 12.3 Å². The van der Waals surface area contributed by atoms with E-state index in [-0.39, 0.29) is 6.61 Å². The van der Waals surface area contributed by atoms with Crippen LogP contribution in [0, 0.1) is 6.92 Å². The molecule has 0 saturated carbocycles. The lowest BCUT2D eigenvalue weighted by Crippen LogP contribution is -2.11. The molecule has 0 fully saturated rings. The molecule has 0 aliphatic carbocycles. The van der Waals surface area contributed by atoms with Crippen LogP contribution in [-0.2, 0) is 6.61 Å². The number of hydrogen-bond acceptors (Lipinski definition) is 7. The van der Waals surface area contributed by atoms with E-state index in [0.717, 1.165) is 53.0 Å². The van der Waals surface area contributed by atoms with Gasteiger partial charge in [0.2, 0.25) is 5.95 Å². The SMILES string of the molecule is Cc1ccc(-c2nc(-c3cccc(CO)c3)n[nH]2)cc1Nc1nccc(C2CCC=NC2)n1. The fourth-order valence-corrected chi connectivity index (χ4v) is 3.91. The summed E-state index contributed by atoms with van der Waals surface area (Å²) in [5.41, 5.74) is 5.58. The number of anilines is 2. The molecule has 4 aromatic rings. The molecule has 0 spiro atoms. The number of benzene rings is 2. The second-order valence-corrected chi connectivity index (χ2v) is 8.15. The molecule has 8 nitrogen and oxygen atoms in total. The lowest BCUT2D eigenvalue weighted by molar-refractivity contribution is 0.282. The Labute approximate surface area is 191 Å². The van der Waals surface area contributed by atoms with Crippen molar-refractivity contribution in [3.8, 4) is 22.8 Å². The molecular formula is C25H25N7O. The van der Waals surface area contributed by atoms with Crippen LogP contribution in [-0.4, -0.2) is 43.0 Å². The largest absolute Gasteiger partial charge is 0.392 e. The first-order valence-corrected chi connectivity index (χ1v) is 11.0. The van der Waals surface area contributed by atoms with Crippen LogP contribution < -0.4 is 5.32 Å². The van der Waals surface area contributed by atoms with E-state index in [0.29, 0.717) is 23.5 Å². The summed E-state index contributed by atoms with van der Waals surface area (Å²) in [6.07, 6.45) is 5.83. The van der Waals surface area contributed by atoms with Gasteiger partial charge >= 0.3 is 0 Å². The standard InChI is InChI=1S/C25H25N7O/c1-16-7-8-19(24-30-23(31-32-24)18-5-2-4-17(12-18)15-33)13-22(16)29-25-27-11-9-21(28-25)20-6-3-10-26-14-20/h2,4-5,7-13,20,33H,3,6,14-15H2,1H3,(H,27,28,29)(H,30,31,32). The van der Waals surface area contributed by atoms with Crippen molar-refractivity contribution in [3.63, 3.8) is 0 Å². The molecule has 0 saturated heterocycles. The molecule has 33 heavy (non-hydrogen) atoms. The van der Waals surface area contributed by atoms with E-state index in [9.17, 15) is 5.11 Å².